The van der Waals surface area contributed by atoms with Gasteiger partial charge in [0.25, 0.3) is 5.91 Å². The number of carbonyl (C=O) groups is 1. The van der Waals surface area contributed by atoms with Crippen molar-refractivity contribution < 1.29 is 18.7 Å². The lowest BCUT2D eigenvalue weighted by atomic mass is 10.2. The lowest BCUT2D eigenvalue weighted by molar-refractivity contribution is 0.0356. The fraction of sp³-hybridized carbons (Fsp3) is 0.238. The lowest BCUT2D eigenvalue weighted by Crippen LogP contribution is -2.51. The first-order valence-electron chi connectivity index (χ1n) is 9.68. The number of rotatable bonds is 7. The minimum atomic E-state index is -0.741. The van der Waals surface area contributed by atoms with Gasteiger partial charge in [-0.05, 0) is 19.2 Å². The molecule has 1 saturated heterocycles. The summed E-state index contributed by atoms with van der Waals surface area (Å²) in [6.07, 6.45) is 6.96. The van der Waals surface area contributed by atoms with Crippen LogP contribution in [0.15, 0.2) is 48.1 Å². The molecule has 1 aliphatic rings. The number of halogens is 1. The Morgan fingerprint density at radius 2 is 2.09 bits per heavy atom. The molecule has 0 aromatic carbocycles. The van der Waals surface area contributed by atoms with Crippen molar-refractivity contribution in [3.63, 3.8) is 0 Å². The molecular formula is C21H20FN7O3. The van der Waals surface area contributed by atoms with Crippen molar-refractivity contribution in [1.29, 1.82) is 0 Å². The number of nitrogens with zero attached hydrogens (tertiary/aromatic N) is 6. The highest BCUT2D eigenvalue weighted by molar-refractivity contribution is 5.93. The number of ether oxygens (including phenoxy) is 2. The molecule has 1 fully saturated rings. The zero-order valence-electron chi connectivity index (χ0n) is 17.4. The molecular weight excluding hydrogens is 417 g/mol. The van der Waals surface area contributed by atoms with Crippen molar-refractivity contribution in [2.75, 3.05) is 27.2 Å². The SMILES string of the molecule is COc1cnc(F)c(/C=N/NC(=O)c2cncc(-c3ccc(OC4CN(C)C4)nc3)n2)c1. The van der Waals surface area contributed by atoms with Gasteiger partial charge in [0.15, 0.2) is 0 Å². The quantitative estimate of drug-likeness (QED) is 0.336. The fourth-order valence-electron chi connectivity index (χ4n) is 2.97. The van der Waals surface area contributed by atoms with E-state index in [-0.39, 0.29) is 17.4 Å². The fourth-order valence-corrected chi connectivity index (χ4v) is 2.97. The Kier molecular flexibility index (Phi) is 6.26. The zero-order chi connectivity index (χ0) is 22.5. The third kappa shape index (κ3) is 5.01. The number of likely N-dealkylation sites (tertiary alicyclic amines) is 1. The summed E-state index contributed by atoms with van der Waals surface area (Å²) < 4.78 is 24.5. The molecule has 1 N–H and O–H groups in total. The first kappa shape index (κ1) is 21.2. The maximum atomic E-state index is 13.7. The van der Waals surface area contributed by atoms with Gasteiger partial charge in [0.05, 0.1) is 43.2 Å². The van der Waals surface area contributed by atoms with Gasteiger partial charge in [-0.25, -0.2) is 20.4 Å². The topological polar surface area (TPSA) is 115 Å². The highest BCUT2D eigenvalue weighted by Crippen LogP contribution is 2.20. The van der Waals surface area contributed by atoms with E-state index in [1.54, 1.807) is 18.3 Å². The number of carbonyl (C=O) groups excluding carboxylic acids is 1. The van der Waals surface area contributed by atoms with Crippen molar-refractivity contribution >= 4 is 12.1 Å². The van der Waals surface area contributed by atoms with Crippen LogP contribution in [0.3, 0.4) is 0 Å². The molecule has 1 aliphatic heterocycles. The van der Waals surface area contributed by atoms with E-state index in [1.165, 1.54) is 31.8 Å². The molecule has 0 bridgehead atoms. The number of aromatic nitrogens is 4. The van der Waals surface area contributed by atoms with Gasteiger partial charge in [-0.2, -0.15) is 9.49 Å². The van der Waals surface area contributed by atoms with Gasteiger partial charge in [0.2, 0.25) is 11.8 Å². The predicted octanol–water partition coefficient (Wildman–Crippen LogP) is 1.54. The Morgan fingerprint density at radius 1 is 1.25 bits per heavy atom. The second kappa shape index (κ2) is 9.43. The van der Waals surface area contributed by atoms with Crippen molar-refractivity contribution in [2.24, 2.45) is 5.10 Å². The van der Waals surface area contributed by atoms with Crippen LogP contribution in [-0.2, 0) is 0 Å². The molecule has 164 valence electrons. The summed E-state index contributed by atoms with van der Waals surface area (Å²) in [6, 6.07) is 4.96. The van der Waals surface area contributed by atoms with E-state index in [0.717, 1.165) is 19.3 Å². The summed E-state index contributed by atoms with van der Waals surface area (Å²) in [5, 5.41) is 3.75. The molecule has 3 aromatic rings. The van der Waals surface area contributed by atoms with E-state index in [9.17, 15) is 9.18 Å². The molecule has 10 nitrogen and oxygen atoms in total. The Balaban J connectivity index is 1.40. The number of likely N-dealkylation sites (N-methyl/N-ethyl adjacent to an activating group) is 1. The van der Waals surface area contributed by atoms with E-state index < -0.39 is 11.9 Å². The van der Waals surface area contributed by atoms with Crippen LogP contribution in [0.1, 0.15) is 16.1 Å². The molecule has 0 spiro atoms. The highest BCUT2D eigenvalue weighted by Gasteiger charge is 2.25. The zero-order valence-corrected chi connectivity index (χ0v) is 17.4. The van der Waals surface area contributed by atoms with Gasteiger partial charge in [-0.3, -0.25) is 14.7 Å². The molecule has 0 radical (unpaired) electrons. The predicted molar refractivity (Wildman–Crippen MR) is 113 cm³/mol. The van der Waals surface area contributed by atoms with Crippen LogP contribution in [0.5, 0.6) is 11.6 Å². The first-order chi connectivity index (χ1) is 15.5. The van der Waals surface area contributed by atoms with Crippen LogP contribution in [0.4, 0.5) is 4.39 Å². The minimum absolute atomic E-state index is 0.0433. The largest absolute Gasteiger partial charge is 0.495 e. The smallest absolute Gasteiger partial charge is 0.291 e. The molecule has 11 heteroatoms. The van der Waals surface area contributed by atoms with E-state index in [0.29, 0.717) is 22.9 Å². The number of hydrogen-bond acceptors (Lipinski definition) is 9. The molecule has 4 rings (SSSR count). The summed E-state index contributed by atoms with van der Waals surface area (Å²) in [4.78, 5) is 30.7. The number of hydrazone groups is 1. The van der Waals surface area contributed by atoms with Crippen LogP contribution in [-0.4, -0.2) is 70.3 Å². The van der Waals surface area contributed by atoms with E-state index in [2.05, 4.69) is 35.4 Å². The van der Waals surface area contributed by atoms with E-state index >= 15 is 0 Å². The van der Waals surface area contributed by atoms with Gasteiger partial charge in [0, 0.05) is 30.9 Å². The number of nitrogens with one attached hydrogen (secondary N) is 1. The molecule has 32 heavy (non-hydrogen) atoms. The number of pyridine rings is 2. The molecule has 0 saturated carbocycles. The monoisotopic (exact) mass is 437 g/mol. The normalized spacial score (nSPS) is 14.2. The average Bonchev–Trinajstić information content (AvgIpc) is 2.80. The van der Waals surface area contributed by atoms with Gasteiger partial charge < -0.3 is 9.47 Å². The number of hydrogen-bond donors (Lipinski definition) is 1. The molecule has 3 aromatic heterocycles. The Hall–Kier alpha value is -3.99. The highest BCUT2D eigenvalue weighted by atomic mass is 19.1. The maximum absolute atomic E-state index is 13.7. The second-order valence-electron chi connectivity index (χ2n) is 7.09. The average molecular weight is 437 g/mol. The Bertz CT molecular complexity index is 1130. The summed E-state index contributed by atoms with van der Waals surface area (Å²) in [6.45, 7) is 1.74. The standard InChI is InChI=1S/C21H20FN7O3/c1-29-11-16(12-29)32-19-4-3-13(6-24-19)17-9-23-10-18(27-17)21(30)28-26-7-14-5-15(31-2)8-25-20(14)22/h3-10,16H,11-12H2,1-2H3,(H,28,30)/b26-7+. The lowest BCUT2D eigenvalue weighted by Gasteiger charge is -2.35. The molecule has 0 unspecified atom stereocenters. The van der Waals surface area contributed by atoms with E-state index in [1.807, 2.05) is 7.05 Å². The first-order valence-corrected chi connectivity index (χ1v) is 9.68. The van der Waals surface area contributed by atoms with Crippen molar-refractivity contribution in [3.8, 4) is 22.9 Å². The third-order valence-corrected chi connectivity index (χ3v) is 4.66. The second-order valence-corrected chi connectivity index (χ2v) is 7.09. The van der Waals surface area contributed by atoms with Crippen LogP contribution in [0.25, 0.3) is 11.3 Å². The van der Waals surface area contributed by atoms with E-state index in [4.69, 9.17) is 9.47 Å². The minimum Gasteiger partial charge on any atom is -0.495 e. The Morgan fingerprint density at radius 3 is 2.81 bits per heavy atom. The van der Waals surface area contributed by atoms with Gasteiger partial charge in [0.1, 0.15) is 17.5 Å². The summed E-state index contributed by atoms with van der Waals surface area (Å²) in [5.41, 5.74) is 3.54. The molecule has 0 atom stereocenters. The van der Waals surface area contributed by atoms with Crippen LogP contribution < -0.4 is 14.9 Å². The van der Waals surface area contributed by atoms with Crippen molar-refractivity contribution in [1.82, 2.24) is 30.3 Å². The maximum Gasteiger partial charge on any atom is 0.291 e. The van der Waals surface area contributed by atoms with Crippen molar-refractivity contribution in [2.45, 2.75) is 6.10 Å². The molecule has 0 aliphatic carbocycles. The van der Waals surface area contributed by atoms with Crippen LogP contribution >= 0.6 is 0 Å². The third-order valence-electron chi connectivity index (χ3n) is 4.66. The number of methoxy groups -OCH3 is 1. The molecule has 1 amide bonds. The van der Waals surface area contributed by atoms with Crippen molar-refractivity contribution in [3.05, 3.63) is 60.2 Å². The van der Waals surface area contributed by atoms with Gasteiger partial charge in [-0.1, -0.05) is 0 Å². The van der Waals surface area contributed by atoms with Gasteiger partial charge >= 0.3 is 0 Å². The van der Waals surface area contributed by atoms with Gasteiger partial charge in [-0.15, -0.1) is 0 Å². The van der Waals surface area contributed by atoms with Crippen LogP contribution in [0.2, 0.25) is 0 Å². The molecule has 4 heterocycles. The van der Waals surface area contributed by atoms with Crippen LogP contribution in [0, 0.1) is 5.95 Å². The summed E-state index contributed by atoms with van der Waals surface area (Å²) in [5.74, 6) is -0.450. The number of amides is 1. The summed E-state index contributed by atoms with van der Waals surface area (Å²) in [7, 11) is 3.46. The summed E-state index contributed by atoms with van der Waals surface area (Å²) >= 11 is 0. The Labute approximate surface area is 183 Å².